The zero-order valence-corrected chi connectivity index (χ0v) is 31.8. The van der Waals surface area contributed by atoms with E-state index < -0.39 is 7.80 Å². The molecule has 0 bridgehead atoms. The molecule has 0 unspecified atom stereocenters. The first-order valence-corrected chi connectivity index (χ1v) is 17.8. The van der Waals surface area contributed by atoms with Crippen molar-refractivity contribution < 1.29 is 33.1 Å². The zero-order valence-electron chi connectivity index (χ0n) is 30.9. The molecule has 256 valence electrons. The van der Waals surface area contributed by atoms with Gasteiger partial charge in [-0.2, -0.15) is 0 Å². The number of hydrogen-bond acceptors (Lipinski definition) is 7. The Morgan fingerprint density at radius 3 is 1.02 bits per heavy atom. The van der Waals surface area contributed by atoms with Crippen LogP contribution in [0.15, 0.2) is 24.3 Å². The number of hydrogen-bond donors (Lipinski definition) is 0. The van der Waals surface area contributed by atoms with Crippen LogP contribution in [-0.4, -0.2) is 38.9 Å². The summed E-state index contributed by atoms with van der Waals surface area (Å²) < 4.78 is 36.2. The van der Waals surface area contributed by atoms with Crippen LogP contribution in [0.3, 0.4) is 0 Å². The van der Waals surface area contributed by atoms with Gasteiger partial charge < -0.3 is 18.9 Å². The van der Waals surface area contributed by atoms with E-state index in [0.29, 0.717) is 25.7 Å². The van der Waals surface area contributed by atoms with Gasteiger partial charge in [0.15, 0.2) is 0 Å². The number of carbonyl (C=O) groups is 2. The van der Waals surface area contributed by atoms with Crippen LogP contribution in [0, 0.1) is 0 Å². The SMILES string of the molecule is COC(=O)CCc1cc(C(C)(C)C)c(OC[P+](=O)COc2c(C(C)(C)C)cc(CCC(=O)OC)cc2C(C)(C)C)c(C(C)(C)C)c1. The number of benzene rings is 2. The number of methoxy groups -OCH3 is 2. The molecular formula is C38H58O7P+. The predicted octanol–water partition coefficient (Wildman–Crippen LogP) is 9.29. The minimum atomic E-state index is -1.89. The Bertz CT molecular complexity index is 1220. The Morgan fingerprint density at radius 2 is 0.804 bits per heavy atom. The van der Waals surface area contributed by atoms with Crippen molar-refractivity contribution in [2.75, 3.05) is 26.9 Å². The molecule has 2 aromatic carbocycles. The summed E-state index contributed by atoms with van der Waals surface area (Å²) in [6.45, 7) is 25.6. The van der Waals surface area contributed by atoms with Crippen molar-refractivity contribution in [2.24, 2.45) is 0 Å². The summed E-state index contributed by atoms with van der Waals surface area (Å²) in [4.78, 5) is 23.8. The van der Waals surface area contributed by atoms with E-state index in [2.05, 4.69) is 107 Å². The van der Waals surface area contributed by atoms with Crippen LogP contribution in [0.5, 0.6) is 11.5 Å². The summed E-state index contributed by atoms with van der Waals surface area (Å²) in [6.07, 6.45) is 1.74. The molecule has 0 N–H and O–H groups in total. The lowest BCUT2D eigenvalue weighted by Gasteiger charge is -2.30. The molecule has 0 aromatic heterocycles. The summed E-state index contributed by atoms with van der Waals surface area (Å²) in [6, 6.07) is 8.40. The second-order valence-corrected chi connectivity index (χ2v) is 17.7. The molecule has 0 aliphatic heterocycles. The molecule has 0 saturated heterocycles. The minimum Gasteiger partial charge on any atom is -0.469 e. The molecule has 8 heteroatoms. The third kappa shape index (κ3) is 11.1. The fourth-order valence-electron chi connectivity index (χ4n) is 5.21. The monoisotopic (exact) mass is 657 g/mol. The molecule has 46 heavy (non-hydrogen) atoms. The van der Waals surface area contributed by atoms with E-state index in [1.807, 2.05) is 0 Å². The highest BCUT2D eigenvalue weighted by Crippen LogP contribution is 2.44. The molecule has 0 amide bonds. The molecule has 0 aliphatic carbocycles. The molecule has 0 spiro atoms. The van der Waals surface area contributed by atoms with Crippen LogP contribution in [0.1, 0.15) is 129 Å². The molecule has 2 aromatic rings. The van der Waals surface area contributed by atoms with Gasteiger partial charge >= 0.3 is 19.7 Å². The summed E-state index contributed by atoms with van der Waals surface area (Å²) >= 11 is 0. The molecule has 0 aliphatic rings. The van der Waals surface area contributed by atoms with Crippen LogP contribution in [0.2, 0.25) is 0 Å². The maximum Gasteiger partial charge on any atom is 0.420 e. The van der Waals surface area contributed by atoms with Crippen LogP contribution >= 0.6 is 7.80 Å². The third-order valence-corrected chi connectivity index (χ3v) is 8.76. The lowest BCUT2D eigenvalue weighted by molar-refractivity contribution is -0.141. The minimum absolute atomic E-state index is 0.00984. The maximum absolute atomic E-state index is 13.6. The molecular weight excluding hydrogens is 599 g/mol. The van der Waals surface area contributed by atoms with E-state index in [0.717, 1.165) is 44.9 Å². The third-order valence-electron chi connectivity index (χ3n) is 7.93. The molecule has 2 rings (SSSR count). The highest BCUT2D eigenvalue weighted by atomic mass is 31.1. The Labute approximate surface area is 278 Å². The van der Waals surface area contributed by atoms with Crippen LogP contribution < -0.4 is 9.47 Å². The van der Waals surface area contributed by atoms with Crippen molar-refractivity contribution in [2.45, 2.75) is 130 Å². The van der Waals surface area contributed by atoms with Gasteiger partial charge in [-0.3, -0.25) is 9.59 Å². The van der Waals surface area contributed by atoms with Gasteiger partial charge in [-0.25, -0.2) is 0 Å². The highest BCUT2D eigenvalue weighted by molar-refractivity contribution is 7.44. The number of rotatable bonds is 12. The van der Waals surface area contributed by atoms with Crippen LogP contribution in [0.4, 0.5) is 0 Å². The maximum atomic E-state index is 13.6. The average Bonchev–Trinajstić information content (AvgIpc) is 2.93. The fourth-order valence-corrected chi connectivity index (χ4v) is 5.83. The first-order valence-electron chi connectivity index (χ1n) is 16.2. The largest absolute Gasteiger partial charge is 0.469 e. The van der Waals surface area contributed by atoms with Gasteiger partial charge in [-0.15, -0.1) is 0 Å². The van der Waals surface area contributed by atoms with Gasteiger partial charge in [0, 0.05) is 35.1 Å². The Balaban J connectivity index is 2.43. The lowest BCUT2D eigenvalue weighted by atomic mass is 9.78. The average molecular weight is 658 g/mol. The van der Waals surface area contributed by atoms with Crippen LogP contribution in [0.25, 0.3) is 0 Å². The second-order valence-electron chi connectivity index (χ2n) is 16.2. The first kappa shape index (κ1) is 39.3. The number of ether oxygens (including phenoxy) is 4. The quantitative estimate of drug-likeness (QED) is 0.166. The molecule has 0 heterocycles. The zero-order chi connectivity index (χ0) is 35.3. The van der Waals surface area contributed by atoms with E-state index in [1.165, 1.54) is 14.2 Å². The van der Waals surface area contributed by atoms with E-state index in [9.17, 15) is 14.2 Å². The van der Waals surface area contributed by atoms with Gasteiger partial charge in [0.05, 0.1) is 14.2 Å². The Morgan fingerprint density at radius 1 is 0.543 bits per heavy atom. The van der Waals surface area contributed by atoms with Gasteiger partial charge in [-0.1, -0.05) is 112 Å². The Kier molecular flexibility index (Phi) is 13.1. The van der Waals surface area contributed by atoms with E-state index >= 15 is 0 Å². The van der Waals surface area contributed by atoms with Crippen LogP contribution in [-0.2, 0) is 58.1 Å². The van der Waals surface area contributed by atoms with Crippen molar-refractivity contribution >= 4 is 19.7 Å². The summed E-state index contributed by atoms with van der Waals surface area (Å²) in [5, 5.41) is 0. The summed E-state index contributed by atoms with van der Waals surface area (Å²) in [5.41, 5.74) is 5.12. The van der Waals surface area contributed by atoms with Gasteiger partial charge in [0.2, 0.25) is 0 Å². The smallest absolute Gasteiger partial charge is 0.420 e. The van der Waals surface area contributed by atoms with Gasteiger partial charge in [-0.05, 0) is 45.6 Å². The predicted molar refractivity (Wildman–Crippen MR) is 187 cm³/mol. The van der Waals surface area contributed by atoms with Gasteiger partial charge in [0.1, 0.15) is 11.5 Å². The topological polar surface area (TPSA) is 88.1 Å². The van der Waals surface area contributed by atoms with E-state index in [4.69, 9.17) is 18.9 Å². The van der Waals surface area contributed by atoms with E-state index in [1.54, 1.807) is 0 Å². The molecule has 0 saturated carbocycles. The van der Waals surface area contributed by atoms with Crippen molar-refractivity contribution in [3.8, 4) is 11.5 Å². The van der Waals surface area contributed by atoms with Gasteiger partial charge in [0.25, 0.3) is 12.7 Å². The van der Waals surface area contributed by atoms with Crippen molar-refractivity contribution in [1.29, 1.82) is 0 Å². The van der Waals surface area contributed by atoms with Crippen molar-refractivity contribution in [3.63, 3.8) is 0 Å². The highest BCUT2D eigenvalue weighted by Gasteiger charge is 2.32. The first-order chi connectivity index (χ1) is 21.0. The number of esters is 2. The number of carbonyl (C=O) groups excluding carboxylic acids is 2. The standard InChI is InChI=1S/C38H58O7P/c1-35(2,3)27-19-25(15-17-31(39)42-13)20-28(36(4,5)6)33(27)44-23-46(41)24-45-34-29(37(7,8)9)21-26(16-18-32(40)43-14)22-30(34)38(10,11)12/h19-22H,15-18,23-24H2,1-14H3/q+1. The Hall–Kier alpha value is -2.92. The molecule has 7 nitrogen and oxygen atoms in total. The normalized spacial score (nSPS) is 12.5. The molecule has 0 radical (unpaired) electrons. The summed E-state index contributed by atoms with van der Waals surface area (Å²) in [5.74, 6) is 0.996. The fraction of sp³-hybridized carbons (Fsp3) is 0.632. The molecule has 0 atom stereocenters. The second kappa shape index (κ2) is 15.3. The molecule has 0 fully saturated rings. The summed E-state index contributed by atoms with van der Waals surface area (Å²) in [7, 11) is 0.921. The van der Waals surface area contributed by atoms with Crippen molar-refractivity contribution in [1.82, 2.24) is 0 Å². The lowest BCUT2D eigenvalue weighted by Crippen LogP contribution is -2.21. The van der Waals surface area contributed by atoms with E-state index in [-0.39, 0.29) is 46.3 Å². The van der Waals surface area contributed by atoms with Crippen molar-refractivity contribution in [3.05, 3.63) is 57.6 Å². The number of aryl methyl sites for hydroxylation is 2.